The molecule has 8 heavy (non-hydrogen) atoms. The van der Waals surface area contributed by atoms with E-state index < -0.39 is 6.41 Å². The first-order valence-electron chi connectivity index (χ1n) is 2.56. The third-order valence-corrected chi connectivity index (χ3v) is 2.02. The lowest BCUT2D eigenvalue weighted by atomic mass is 11.0. The van der Waals surface area contributed by atoms with Crippen LogP contribution in [-0.2, 0) is 0 Å². The van der Waals surface area contributed by atoms with Crippen molar-refractivity contribution in [2.45, 2.75) is 24.5 Å². The van der Waals surface area contributed by atoms with Crippen LogP contribution < -0.4 is 4.72 Å². The van der Waals surface area contributed by atoms with Gasteiger partial charge in [0.05, 0.1) is 0 Å². The van der Waals surface area contributed by atoms with Crippen LogP contribution in [0.5, 0.6) is 0 Å². The summed E-state index contributed by atoms with van der Waals surface area (Å²) in [7, 11) is 0. The summed E-state index contributed by atoms with van der Waals surface area (Å²) < 4.78 is 2.44. The molecule has 3 N–H and O–H groups in total. The molecule has 1 saturated carbocycles. The van der Waals surface area contributed by atoms with E-state index in [0.29, 0.717) is 5.25 Å². The zero-order valence-corrected chi connectivity index (χ0v) is 5.19. The van der Waals surface area contributed by atoms with Crippen LogP contribution in [0.25, 0.3) is 0 Å². The van der Waals surface area contributed by atoms with Gasteiger partial charge in [-0.3, -0.25) is 0 Å². The van der Waals surface area contributed by atoms with Crippen LogP contribution in [0, 0.1) is 0 Å². The summed E-state index contributed by atoms with van der Waals surface area (Å²) in [5.41, 5.74) is 0. The van der Waals surface area contributed by atoms with Gasteiger partial charge in [0.2, 0.25) is 6.41 Å². The maximum atomic E-state index is 8.25. The summed E-state index contributed by atoms with van der Waals surface area (Å²) in [4.78, 5) is 0. The fourth-order valence-electron chi connectivity index (χ4n) is 0.343. The van der Waals surface area contributed by atoms with Gasteiger partial charge in [-0.1, -0.05) is 11.9 Å². The Morgan fingerprint density at radius 2 is 2.12 bits per heavy atom. The first-order valence-corrected chi connectivity index (χ1v) is 3.44. The van der Waals surface area contributed by atoms with Gasteiger partial charge in [-0.15, -0.1) is 0 Å². The van der Waals surface area contributed by atoms with Gasteiger partial charge in [0.15, 0.2) is 0 Å². The fourth-order valence-corrected chi connectivity index (χ4v) is 1.03. The van der Waals surface area contributed by atoms with E-state index >= 15 is 0 Å². The minimum atomic E-state index is -1.36. The van der Waals surface area contributed by atoms with Crippen molar-refractivity contribution in [2.24, 2.45) is 0 Å². The van der Waals surface area contributed by atoms with Gasteiger partial charge in [0, 0.05) is 5.25 Å². The van der Waals surface area contributed by atoms with E-state index in [1.165, 1.54) is 24.8 Å². The molecule has 1 rings (SSSR count). The van der Waals surface area contributed by atoms with Gasteiger partial charge in [-0.25, -0.2) is 4.72 Å². The van der Waals surface area contributed by atoms with E-state index in [9.17, 15) is 0 Å². The van der Waals surface area contributed by atoms with Crippen LogP contribution >= 0.6 is 11.9 Å². The molecular weight excluding hydrogens is 126 g/mol. The Hall–Kier alpha value is 0.230. The van der Waals surface area contributed by atoms with E-state index in [4.69, 9.17) is 10.2 Å². The highest BCUT2D eigenvalue weighted by molar-refractivity contribution is 7.98. The Morgan fingerprint density at radius 1 is 1.50 bits per heavy atom. The summed E-state index contributed by atoms with van der Waals surface area (Å²) >= 11 is 1.40. The Balaban J connectivity index is 1.87. The van der Waals surface area contributed by atoms with Crippen LogP contribution in [0.1, 0.15) is 12.8 Å². The largest absolute Gasteiger partial charge is 0.355 e. The molecular formula is C4H9NO2S. The van der Waals surface area contributed by atoms with Crippen molar-refractivity contribution in [3.63, 3.8) is 0 Å². The first kappa shape index (κ1) is 6.35. The van der Waals surface area contributed by atoms with E-state index in [0.717, 1.165) is 0 Å². The molecule has 0 heterocycles. The second-order valence-electron chi connectivity index (χ2n) is 1.81. The Morgan fingerprint density at radius 3 is 2.50 bits per heavy atom. The van der Waals surface area contributed by atoms with E-state index in [-0.39, 0.29) is 0 Å². The third-order valence-electron chi connectivity index (χ3n) is 0.864. The monoisotopic (exact) mass is 135 g/mol. The van der Waals surface area contributed by atoms with Gasteiger partial charge in [-0.2, -0.15) is 0 Å². The van der Waals surface area contributed by atoms with Gasteiger partial charge < -0.3 is 10.2 Å². The Labute approximate surface area is 52.2 Å². The standard InChI is InChI=1S/C4H9NO2S/c6-4(7)5-8-3-1-2-3/h3-7H,1-2H2. The number of rotatable bonds is 3. The lowest BCUT2D eigenvalue weighted by Crippen LogP contribution is -2.21. The van der Waals surface area contributed by atoms with Crippen molar-refractivity contribution in [3.05, 3.63) is 0 Å². The SMILES string of the molecule is OC(O)NSC1CC1. The molecule has 0 saturated heterocycles. The van der Waals surface area contributed by atoms with Crippen LogP contribution in [-0.4, -0.2) is 21.9 Å². The summed E-state index contributed by atoms with van der Waals surface area (Å²) in [5, 5.41) is 17.1. The second-order valence-corrected chi connectivity index (χ2v) is 2.95. The normalized spacial score (nSPS) is 19.9. The maximum Gasteiger partial charge on any atom is 0.220 e. The highest BCUT2D eigenvalue weighted by Crippen LogP contribution is 2.31. The van der Waals surface area contributed by atoms with E-state index in [2.05, 4.69) is 4.72 Å². The Kier molecular flexibility index (Phi) is 2.13. The van der Waals surface area contributed by atoms with E-state index in [1.807, 2.05) is 0 Å². The van der Waals surface area contributed by atoms with Crippen molar-refractivity contribution in [3.8, 4) is 0 Å². The van der Waals surface area contributed by atoms with Gasteiger partial charge in [0.25, 0.3) is 0 Å². The number of aliphatic hydroxyl groups excluding tert-OH is 1. The Bertz CT molecular complexity index is 72.4. The minimum absolute atomic E-state index is 0.622. The summed E-state index contributed by atoms with van der Waals surface area (Å²) in [6, 6.07) is 0. The van der Waals surface area contributed by atoms with Crippen LogP contribution in [0.4, 0.5) is 0 Å². The van der Waals surface area contributed by atoms with Crippen molar-refractivity contribution in [2.75, 3.05) is 0 Å². The first-order chi connectivity index (χ1) is 3.79. The van der Waals surface area contributed by atoms with Crippen molar-refractivity contribution in [1.82, 2.24) is 4.72 Å². The second kappa shape index (κ2) is 2.68. The van der Waals surface area contributed by atoms with Crippen molar-refractivity contribution < 1.29 is 10.2 Å². The number of hydrogen-bond acceptors (Lipinski definition) is 4. The summed E-state index contributed by atoms with van der Waals surface area (Å²) in [5.74, 6) is 0. The molecule has 3 nitrogen and oxygen atoms in total. The molecule has 0 amide bonds. The molecule has 4 heteroatoms. The van der Waals surface area contributed by atoms with Crippen LogP contribution in [0.3, 0.4) is 0 Å². The average molecular weight is 135 g/mol. The minimum Gasteiger partial charge on any atom is -0.355 e. The molecule has 1 fully saturated rings. The zero-order chi connectivity index (χ0) is 5.98. The molecule has 0 unspecified atom stereocenters. The smallest absolute Gasteiger partial charge is 0.220 e. The lowest BCUT2D eigenvalue weighted by molar-refractivity contribution is -0.0456. The summed E-state index contributed by atoms with van der Waals surface area (Å²) in [6.07, 6.45) is 1.04. The third kappa shape index (κ3) is 2.52. The lowest BCUT2D eigenvalue weighted by Gasteiger charge is -2.01. The molecule has 0 aromatic carbocycles. The molecule has 1 aliphatic rings. The molecule has 48 valence electrons. The summed E-state index contributed by atoms with van der Waals surface area (Å²) in [6.45, 7) is 0. The molecule has 0 bridgehead atoms. The molecule has 0 atom stereocenters. The number of aliphatic hydroxyl groups is 2. The molecule has 0 aliphatic heterocycles. The predicted molar refractivity (Wildman–Crippen MR) is 32.0 cm³/mol. The fraction of sp³-hybridized carbons (Fsp3) is 1.00. The van der Waals surface area contributed by atoms with Gasteiger partial charge in [-0.05, 0) is 12.8 Å². The maximum absolute atomic E-state index is 8.25. The van der Waals surface area contributed by atoms with Gasteiger partial charge >= 0.3 is 0 Å². The van der Waals surface area contributed by atoms with Crippen molar-refractivity contribution in [1.29, 1.82) is 0 Å². The number of nitrogens with one attached hydrogen (secondary N) is 1. The van der Waals surface area contributed by atoms with Gasteiger partial charge in [0.1, 0.15) is 0 Å². The predicted octanol–water partition coefficient (Wildman–Crippen LogP) is -0.345. The highest BCUT2D eigenvalue weighted by atomic mass is 32.2. The van der Waals surface area contributed by atoms with Crippen LogP contribution in [0.2, 0.25) is 0 Å². The highest BCUT2D eigenvalue weighted by Gasteiger charge is 2.22. The van der Waals surface area contributed by atoms with Crippen molar-refractivity contribution >= 4 is 11.9 Å². The molecule has 0 spiro atoms. The van der Waals surface area contributed by atoms with Crippen LogP contribution in [0.15, 0.2) is 0 Å². The average Bonchev–Trinajstić information content (AvgIpc) is 2.41. The quantitative estimate of drug-likeness (QED) is 0.366. The molecule has 0 aromatic heterocycles. The topological polar surface area (TPSA) is 52.5 Å². The zero-order valence-electron chi connectivity index (χ0n) is 4.37. The van der Waals surface area contributed by atoms with E-state index in [1.54, 1.807) is 0 Å². The molecule has 1 aliphatic carbocycles. The number of hydrogen-bond donors (Lipinski definition) is 3. The molecule has 0 radical (unpaired) electrons. The molecule has 0 aromatic rings.